The first kappa shape index (κ1) is 17.0. The van der Waals surface area contributed by atoms with Gasteiger partial charge in [-0.25, -0.2) is 9.18 Å². The fraction of sp³-hybridized carbons (Fsp3) is 0.263. The summed E-state index contributed by atoms with van der Waals surface area (Å²) in [6, 6.07) is 12.3. The van der Waals surface area contributed by atoms with Crippen LogP contribution < -0.4 is 10.6 Å². The van der Waals surface area contributed by atoms with Crippen molar-refractivity contribution in [2.45, 2.75) is 26.4 Å². The van der Waals surface area contributed by atoms with Crippen LogP contribution in [-0.2, 0) is 9.53 Å². The van der Waals surface area contributed by atoms with Crippen LogP contribution in [0.2, 0.25) is 0 Å². The van der Waals surface area contributed by atoms with Gasteiger partial charge in [0.05, 0.1) is 6.42 Å². The quantitative estimate of drug-likeness (QED) is 0.808. The third-order valence-corrected chi connectivity index (χ3v) is 4.09. The summed E-state index contributed by atoms with van der Waals surface area (Å²) in [6.45, 7) is 3.94. The number of hydrogen-bond acceptors (Lipinski definition) is 3. The molecule has 2 aromatic rings. The topological polar surface area (TPSA) is 67.4 Å². The Bertz CT molecular complexity index is 820. The van der Waals surface area contributed by atoms with Crippen LogP contribution in [0.4, 0.5) is 20.6 Å². The van der Waals surface area contributed by atoms with Crippen LogP contribution in [0, 0.1) is 11.2 Å². The van der Waals surface area contributed by atoms with E-state index in [2.05, 4.69) is 10.6 Å². The van der Waals surface area contributed by atoms with E-state index in [-0.39, 0.29) is 17.5 Å². The fourth-order valence-corrected chi connectivity index (χ4v) is 2.96. The van der Waals surface area contributed by atoms with Crippen LogP contribution >= 0.6 is 0 Å². The Morgan fingerprint density at radius 2 is 1.76 bits per heavy atom. The summed E-state index contributed by atoms with van der Waals surface area (Å²) in [4.78, 5) is 23.7. The van der Waals surface area contributed by atoms with Gasteiger partial charge < -0.3 is 15.4 Å². The Hall–Kier alpha value is -2.89. The second-order valence-electron chi connectivity index (χ2n) is 6.75. The predicted octanol–water partition coefficient (Wildman–Crippen LogP) is 4.48. The minimum Gasteiger partial charge on any atom is -0.457 e. The van der Waals surface area contributed by atoms with Gasteiger partial charge in [0.1, 0.15) is 11.9 Å². The summed E-state index contributed by atoms with van der Waals surface area (Å²) >= 11 is 0. The molecule has 0 aliphatic carbocycles. The molecule has 5 nitrogen and oxygen atoms in total. The normalized spacial score (nSPS) is 18.5. The molecule has 2 aromatic carbocycles. The van der Waals surface area contributed by atoms with E-state index in [1.54, 1.807) is 24.3 Å². The molecule has 1 heterocycles. The third kappa shape index (κ3) is 3.96. The van der Waals surface area contributed by atoms with Gasteiger partial charge in [0.25, 0.3) is 0 Å². The third-order valence-electron chi connectivity index (χ3n) is 4.09. The Kier molecular flexibility index (Phi) is 4.44. The van der Waals surface area contributed by atoms with Crippen molar-refractivity contribution >= 4 is 23.4 Å². The van der Waals surface area contributed by atoms with Crippen molar-refractivity contribution in [2.24, 2.45) is 5.41 Å². The van der Waals surface area contributed by atoms with E-state index in [4.69, 9.17) is 4.74 Å². The molecule has 1 aliphatic heterocycles. The number of cyclic esters (lactones) is 1. The zero-order valence-corrected chi connectivity index (χ0v) is 14.0. The van der Waals surface area contributed by atoms with Gasteiger partial charge in [0.2, 0.25) is 0 Å². The summed E-state index contributed by atoms with van der Waals surface area (Å²) in [5, 5.41) is 5.27. The van der Waals surface area contributed by atoms with E-state index < -0.39 is 11.8 Å². The van der Waals surface area contributed by atoms with Crippen molar-refractivity contribution in [3.8, 4) is 0 Å². The molecule has 2 N–H and O–H groups in total. The number of carbonyl (C=O) groups excluding carboxylic acids is 2. The first-order chi connectivity index (χ1) is 11.8. The number of amides is 2. The van der Waals surface area contributed by atoms with E-state index in [0.717, 1.165) is 5.56 Å². The van der Waals surface area contributed by atoms with E-state index in [1.165, 1.54) is 18.2 Å². The van der Waals surface area contributed by atoms with Crippen LogP contribution in [-0.4, -0.2) is 12.0 Å². The second kappa shape index (κ2) is 6.55. The van der Waals surface area contributed by atoms with Gasteiger partial charge >= 0.3 is 12.0 Å². The lowest BCUT2D eigenvalue weighted by Gasteiger charge is -2.24. The molecule has 1 aliphatic rings. The predicted molar refractivity (Wildman–Crippen MR) is 92.7 cm³/mol. The van der Waals surface area contributed by atoms with Crippen LogP contribution in [0.3, 0.4) is 0 Å². The smallest absolute Gasteiger partial charge is 0.323 e. The Morgan fingerprint density at radius 1 is 1.12 bits per heavy atom. The first-order valence-electron chi connectivity index (χ1n) is 7.96. The number of nitrogens with one attached hydrogen (secondary N) is 2. The fourth-order valence-electron chi connectivity index (χ4n) is 2.96. The van der Waals surface area contributed by atoms with Crippen LogP contribution in [0.1, 0.15) is 31.9 Å². The van der Waals surface area contributed by atoms with Crippen LogP contribution in [0.25, 0.3) is 0 Å². The standard InChI is InChI=1S/C19H19FN2O3/c1-19(2)11-16(23)25-17(19)12-5-3-7-14(9-12)21-18(24)22-15-8-4-6-13(20)10-15/h3-10,17H,11H2,1-2H3,(H2,21,22,24). The highest BCUT2D eigenvalue weighted by molar-refractivity contribution is 5.99. The molecule has 0 saturated carbocycles. The summed E-state index contributed by atoms with van der Waals surface area (Å²) in [5.74, 6) is -0.651. The average molecular weight is 342 g/mol. The Morgan fingerprint density at radius 3 is 2.36 bits per heavy atom. The van der Waals surface area contributed by atoms with Crippen molar-refractivity contribution in [2.75, 3.05) is 10.6 Å². The summed E-state index contributed by atoms with van der Waals surface area (Å²) < 4.78 is 18.6. The molecule has 0 aromatic heterocycles. The maximum absolute atomic E-state index is 13.2. The second-order valence-corrected chi connectivity index (χ2v) is 6.75. The average Bonchev–Trinajstić information content (AvgIpc) is 2.80. The van der Waals surface area contributed by atoms with Gasteiger partial charge in [-0.2, -0.15) is 0 Å². The molecule has 1 atom stereocenters. The number of halogens is 1. The van der Waals surface area contributed by atoms with E-state index >= 15 is 0 Å². The number of ether oxygens (including phenoxy) is 1. The summed E-state index contributed by atoms with van der Waals surface area (Å²) in [7, 11) is 0. The lowest BCUT2D eigenvalue weighted by Crippen LogP contribution is -2.20. The number of hydrogen-bond donors (Lipinski definition) is 2. The molecule has 0 radical (unpaired) electrons. The molecule has 2 amide bonds. The van der Waals surface area contributed by atoms with Gasteiger partial charge in [0.15, 0.2) is 0 Å². The highest BCUT2D eigenvalue weighted by Gasteiger charge is 2.42. The summed E-state index contributed by atoms with van der Waals surface area (Å²) in [5.41, 5.74) is 1.43. The number of benzene rings is 2. The highest BCUT2D eigenvalue weighted by atomic mass is 19.1. The minimum atomic E-state index is -0.481. The highest BCUT2D eigenvalue weighted by Crippen LogP contribution is 2.45. The summed E-state index contributed by atoms with van der Waals surface area (Å²) in [6.07, 6.45) is 0.00285. The van der Waals surface area contributed by atoms with Gasteiger partial charge in [-0.3, -0.25) is 4.79 Å². The molecule has 0 spiro atoms. The molecule has 6 heteroatoms. The zero-order chi connectivity index (χ0) is 18.0. The van der Waals surface area contributed by atoms with Crippen LogP contribution in [0.15, 0.2) is 48.5 Å². The van der Waals surface area contributed by atoms with Gasteiger partial charge in [-0.05, 0) is 35.9 Å². The molecule has 3 rings (SSSR count). The molecule has 0 bridgehead atoms. The van der Waals surface area contributed by atoms with Crippen molar-refractivity contribution < 1.29 is 18.7 Å². The molecule has 25 heavy (non-hydrogen) atoms. The molecule has 1 unspecified atom stereocenters. The molecule has 1 fully saturated rings. The largest absolute Gasteiger partial charge is 0.457 e. The van der Waals surface area contributed by atoms with Gasteiger partial charge in [-0.1, -0.05) is 32.0 Å². The minimum absolute atomic E-state index is 0.225. The molecular formula is C19H19FN2O3. The van der Waals surface area contributed by atoms with E-state index in [0.29, 0.717) is 17.8 Å². The van der Waals surface area contributed by atoms with E-state index in [1.807, 2.05) is 19.9 Å². The Balaban J connectivity index is 1.71. The Labute approximate surface area is 145 Å². The number of carbonyl (C=O) groups is 2. The SMILES string of the molecule is CC1(C)CC(=O)OC1c1cccc(NC(=O)Nc2cccc(F)c2)c1. The lowest BCUT2D eigenvalue weighted by molar-refractivity contribution is -0.142. The monoisotopic (exact) mass is 342 g/mol. The first-order valence-corrected chi connectivity index (χ1v) is 7.96. The molecular weight excluding hydrogens is 323 g/mol. The number of urea groups is 1. The van der Waals surface area contributed by atoms with Crippen LogP contribution in [0.5, 0.6) is 0 Å². The number of rotatable bonds is 3. The van der Waals surface area contributed by atoms with Gasteiger partial charge in [-0.15, -0.1) is 0 Å². The number of esters is 1. The maximum Gasteiger partial charge on any atom is 0.323 e. The van der Waals surface area contributed by atoms with Crippen molar-refractivity contribution in [1.29, 1.82) is 0 Å². The van der Waals surface area contributed by atoms with Crippen molar-refractivity contribution in [3.05, 3.63) is 59.9 Å². The van der Waals surface area contributed by atoms with Gasteiger partial charge in [0, 0.05) is 16.8 Å². The van der Waals surface area contributed by atoms with E-state index in [9.17, 15) is 14.0 Å². The molecule has 1 saturated heterocycles. The van der Waals surface area contributed by atoms with Crippen molar-refractivity contribution in [3.63, 3.8) is 0 Å². The zero-order valence-electron chi connectivity index (χ0n) is 14.0. The molecule has 130 valence electrons. The van der Waals surface area contributed by atoms with Crippen molar-refractivity contribution in [1.82, 2.24) is 0 Å². The maximum atomic E-state index is 13.2. The lowest BCUT2D eigenvalue weighted by atomic mass is 9.82. The number of anilines is 2.